The van der Waals surface area contributed by atoms with Crippen molar-refractivity contribution in [2.24, 2.45) is 0 Å². The molecular formula is C12H16ClNO4S. The third-order valence-electron chi connectivity index (χ3n) is 1.95. The lowest BCUT2D eigenvalue weighted by Crippen LogP contribution is -2.39. The summed E-state index contributed by atoms with van der Waals surface area (Å²) in [6, 6.07) is 3.46. The number of carboxylic acid groups (broad SMARTS) is 1. The van der Waals surface area contributed by atoms with Crippen molar-refractivity contribution in [2.45, 2.75) is 32.9 Å². The van der Waals surface area contributed by atoms with Gasteiger partial charge in [0.05, 0.1) is 10.9 Å². The van der Waals surface area contributed by atoms with Crippen LogP contribution in [0.15, 0.2) is 12.1 Å². The second kappa shape index (κ2) is 6.25. The average Bonchev–Trinajstić information content (AvgIpc) is 2.59. The Kier molecular flexibility index (Phi) is 5.20. The first kappa shape index (κ1) is 15.8. The number of carbonyl (C=O) groups is 2. The number of carbonyl (C=O) groups excluding carboxylic acids is 1. The first-order valence-electron chi connectivity index (χ1n) is 5.61. The van der Waals surface area contributed by atoms with E-state index < -0.39 is 24.2 Å². The molecule has 0 unspecified atom stereocenters. The van der Waals surface area contributed by atoms with E-state index in [4.69, 9.17) is 21.4 Å². The van der Waals surface area contributed by atoms with Crippen LogP contribution in [0.5, 0.6) is 0 Å². The van der Waals surface area contributed by atoms with Gasteiger partial charge in [-0.1, -0.05) is 11.6 Å². The summed E-state index contributed by atoms with van der Waals surface area (Å²) >= 11 is 7.10. The van der Waals surface area contributed by atoms with Gasteiger partial charge in [0, 0.05) is 4.88 Å². The summed E-state index contributed by atoms with van der Waals surface area (Å²) in [5, 5.41) is 8.84. The number of rotatable bonds is 4. The van der Waals surface area contributed by atoms with Crippen LogP contribution in [-0.2, 0) is 16.1 Å². The second-order valence-corrected chi connectivity index (χ2v) is 6.74. The van der Waals surface area contributed by atoms with Gasteiger partial charge in [-0.05, 0) is 32.9 Å². The first-order valence-corrected chi connectivity index (χ1v) is 6.81. The van der Waals surface area contributed by atoms with E-state index in [2.05, 4.69) is 0 Å². The SMILES string of the molecule is CC(C)(C)OC(=O)N(CC(=O)O)Cc1ccc(Cl)s1. The summed E-state index contributed by atoms with van der Waals surface area (Å²) in [6.07, 6.45) is -0.653. The highest BCUT2D eigenvalue weighted by Crippen LogP contribution is 2.23. The minimum atomic E-state index is -1.09. The molecule has 1 N–H and O–H groups in total. The molecule has 0 aliphatic carbocycles. The highest BCUT2D eigenvalue weighted by molar-refractivity contribution is 7.16. The van der Waals surface area contributed by atoms with E-state index in [0.717, 1.165) is 9.78 Å². The molecule has 0 spiro atoms. The summed E-state index contributed by atoms with van der Waals surface area (Å²) in [7, 11) is 0. The molecule has 7 heteroatoms. The summed E-state index contributed by atoms with van der Waals surface area (Å²) in [6.45, 7) is 4.94. The molecule has 0 saturated carbocycles. The molecule has 1 aromatic heterocycles. The Morgan fingerprint density at radius 3 is 2.47 bits per heavy atom. The van der Waals surface area contributed by atoms with E-state index in [9.17, 15) is 9.59 Å². The monoisotopic (exact) mass is 305 g/mol. The molecule has 0 aromatic carbocycles. The van der Waals surface area contributed by atoms with Gasteiger partial charge in [-0.2, -0.15) is 0 Å². The molecule has 0 bridgehead atoms. The van der Waals surface area contributed by atoms with Crippen LogP contribution in [0, 0.1) is 0 Å². The van der Waals surface area contributed by atoms with Gasteiger partial charge in [0.15, 0.2) is 0 Å². The Bertz CT molecular complexity index is 467. The molecule has 0 saturated heterocycles. The predicted molar refractivity (Wildman–Crippen MR) is 73.6 cm³/mol. The first-order chi connectivity index (χ1) is 8.67. The minimum absolute atomic E-state index is 0.165. The molecule has 1 heterocycles. The number of halogens is 1. The molecule has 0 aliphatic heterocycles. The number of carboxylic acids is 1. The van der Waals surface area contributed by atoms with E-state index in [1.165, 1.54) is 11.3 Å². The van der Waals surface area contributed by atoms with Gasteiger partial charge in [0.2, 0.25) is 0 Å². The van der Waals surface area contributed by atoms with Crippen LogP contribution in [0.25, 0.3) is 0 Å². The van der Waals surface area contributed by atoms with Crippen molar-refractivity contribution in [3.05, 3.63) is 21.3 Å². The van der Waals surface area contributed by atoms with Crippen molar-refractivity contribution < 1.29 is 19.4 Å². The molecule has 5 nitrogen and oxygen atoms in total. The average molecular weight is 306 g/mol. The quantitative estimate of drug-likeness (QED) is 0.927. The van der Waals surface area contributed by atoms with Crippen molar-refractivity contribution in [1.82, 2.24) is 4.90 Å². The van der Waals surface area contributed by atoms with Crippen LogP contribution in [0.2, 0.25) is 4.34 Å². The smallest absolute Gasteiger partial charge is 0.411 e. The number of ether oxygens (including phenoxy) is 1. The molecule has 19 heavy (non-hydrogen) atoms. The maximum absolute atomic E-state index is 11.9. The van der Waals surface area contributed by atoms with E-state index in [0.29, 0.717) is 4.34 Å². The number of amides is 1. The van der Waals surface area contributed by atoms with Crippen LogP contribution in [0.1, 0.15) is 25.6 Å². The fraction of sp³-hybridized carbons (Fsp3) is 0.500. The Balaban J connectivity index is 2.76. The van der Waals surface area contributed by atoms with Crippen molar-refractivity contribution in [2.75, 3.05) is 6.54 Å². The zero-order valence-corrected chi connectivity index (χ0v) is 12.5. The highest BCUT2D eigenvalue weighted by atomic mass is 35.5. The third-order valence-corrected chi connectivity index (χ3v) is 3.17. The normalized spacial score (nSPS) is 11.2. The Hall–Kier alpha value is -1.27. The number of aliphatic carboxylic acids is 1. The molecule has 0 aliphatic rings. The van der Waals surface area contributed by atoms with Gasteiger partial charge >= 0.3 is 12.1 Å². The summed E-state index contributed by atoms with van der Waals surface area (Å²) < 4.78 is 5.77. The van der Waals surface area contributed by atoms with E-state index in [1.54, 1.807) is 32.9 Å². The van der Waals surface area contributed by atoms with Crippen LogP contribution in [0.3, 0.4) is 0 Å². The van der Waals surface area contributed by atoms with Crippen molar-refractivity contribution in [3.63, 3.8) is 0 Å². The summed E-state index contributed by atoms with van der Waals surface area (Å²) in [5.41, 5.74) is -0.666. The fourth-order valence-corrected chi connectivity index (χ4v) is 2.40. The zero-order chi connectivity index (χ0) is 14.6. The van der Waals surface area contributed by atoms with Gasteiger partial charge in [-0.15, -0.1) is 11.3 Å². The Morgan fingerprint density at radius 2 is 2.05 bits per heavy atom. The van der Waals surface area contributed by atoms with Gasteiger partial charge in [-0.3, -0.25) is 9.69 Å². The highest BCUT2D eigenvalue weighted by Gasteiger charge is 2.24. The van der Waals surface area contributed by atoms with Crippen LogP contribution >= 0.6 is 22.9 Å². The molecule has 0 fully saturated rings. The molecule has 0 radical (unpaired) electrons. The molecule has 1 aromatic rings. The fourth-order valence-electron chi connectivity index (χ4n) is 1.30. The molecular weight excluding hydrogens is 290 g/mol. The third kappa shape index (κ3) is 5.94. The van der Waals surface area contributed by atoms with E-state index in [-0.39, 0.29) is 6.54 Å². The lowest BCUT2D eigenvalue weighted by atomic mass is 10.2. The predicted octanol–water partition coefficient (Wildman–Crippen LogP) is 3.22. The van der Waals surface area contributed by atoms with Crippen LogP contribution < -0.4 is 0 Å². The largest absolute Gasteiger partial charge is 0.480 e. The molecule has 106 valence electrons. The van der Waals surface area contributed by atoms with Gasteiger partial charge in [0.25, 0.3) is 0 Å². The van der Waals surface area contributed by atoms with Gasteiger partial charge in [-0.25, -0.2) is 4.79 Å². The number of thiophene rings is 1. The Morgan fingerprint density at radius 1 is 1.42 bits per heavy atom. The standard InChI is InChI=1S/C12H16ClNO4S/c1-12(2,3)18-11(17)14(7-10(15)16)6-8-4-5-9(13)19-8/h4-5H,6-7H2,1-3H3,(H,15,16). The molecule has 1 amide bonds. The number of hydrogen-bond donors (Lipinski definition) is 1. The number of hydrogen-bond acceptors (Lipinski definition) is 4. The van der Waals surface area contributed by atoms with Crippen LogP contribution in [0.4, 0.5) is 4.79 Å². The maximum atomic E-state index is 11.9. The van der Waals surface area contributed by atoms with Crippen LogP contribution in [-0.4, -0.2) is 34.2 Å². The van der Waals surface area contributed by atoms with E-state index >= 15 is 0 Å². The maximum Gasteiger partial charge on any atom is 0.411 e. The lowest BCUT2D eigenvalue weighted by molar-refractivity contribution is -0.138. The lowest BCUT2D eigenvalue weighted by Gasteiger charge is -2.26. The topological polar surface area (TPSA) is 66.8 Å². The zero-order valence-electron chi connectivity index (χ0n) is 11.0. The Labute approximate surface area is 120 Å². The van der Waals surface area contributed by atoms with Crippen molar-refractivity contribution in [1.29, 1.82) is 0 Å². The minimum Gasteiger partial charge on any atom is -0.480 e. The van der Waals surface area contributed by atoms with Gasteiger partial charge in [0.1, 0.15) is 12.1 Å². The molecule has 1 rings (SSSR count). The van der Waals surface area contributed by atoms with Crippen molar-refractivity contribution in [3.8, 4) is 0 Å². The van der Waals surface area contributed by atoms with Crippen molar-refractivity contribution >= 4 is 35.0 Å². The van der Waals surface area contributed by atoms with Gasteiger partial charge < -0.3 is 9.84 Å². The van der Waals surface area contributed by atoms with E-state index in [1.807, 2.05) is 0 Å². The number of nitrogens with zero attached hydrogens (tertiary/aromatic N) is 1. The summed E-state index contributed by atoms with van der Waals surface area (Å²) in [5.74, 6) is -1.09. The molecule has 0 atom stereocenters. The second-order valence-electron chi connectivity index (χ2n) is 4.94. The summed E-state index contributed by atoms with van der Waals surface area (Å²) in [4.78, 5) is 24.7.